The zero-order chi connectivity index (χ0) is 15.5. The molecular formula is C15H19ClN2O3. The van der Waals surface area contributed by atoms with Crippen LogP contribution in [0.5, 0.6) is 0 Å². The average Bonchev–Trinajstić information content (AvgIpc) is 2.40. The molecule has 0 aliphatic heterocycles. The van der Waals surface area contributed by atoms with Crippen molar-refractivity contribution in [3.8, 4) is 0 Å². The highest BCUT2D eigenvalue weighted by atomic mass is 35.5. The summed E-state index contributed by atoms with van der Waals surface area (Å²) in [5.41, 5.74) is 6.18. The molecule has 1 aromatic carbocycles. The number of nitrogens with one attached hydrogen (secondary N) is 1. The summed E-state index contributed by atoms with van der Waals surface area (Å²) in [6.07, 6.45) is 5.21. The number of amides is 1. The minimum absolute atomic E-state index is 0.0328. The molecule has 1 fully saturated rings. The van der Waals surface area contributed by atoms with Crippen LogP contribution in [0.4, 0.5) is 5.69 Å². The number of halogens is 1. The van der Waals surface area contributed by atoms with E-state index in [4.69, 9.17) is 22.4 Å². The van der Waals surface area contributed by atoms with Gasteiger partial charge in [-0.05, 0) is 31.0 Å². The van der Waals surface area contributed by atoms with E-state index in [1.165, 1.54) is 18.6 Å². The van der Waals surface area contributed by atoms with Gasteiger partial charge in [0.25, 0.3) is 0 Å². The molecule has 0 bridgehead atoms. The Bertz CT molecular complexity index is 554. The van der Waals surface area contributed by atoms with Crippen molar-refractivity contribution in [1.29, 1.82) is 0 Å². The van der Waals surface area contributed by atoms with Crippen LogP contribution >= 0.6 is 11.6 Å². The number of hydrogen-bond acceptors (Lipinski definition) is 3. The Balaban J connectivity index is 2.02. The van der Waals surface area contributed by atoms with Crippen molar-refractivity contribution >= 4 is 29.2 Å². The van der Waals surface area contributed by atoms with Crippen LogP contribution in [0.15, 0.2) is 18.2 Å². The molecule has 114 valence electrons. The lowest BCUT2D eigenvalue weighted by molar-refractivity contribution is -0.117. The highest BCUT2D eigenvalue weighted by Gasteiger charge is 2.30. The Labute approximate surface area is 128 Å². The average molecular weight is 311 g/mol. The fraction of sp³-hybridized carbons (Fsp3) is 0.467. The van der Waals surface area contributed by atoms with E-state index in [1.807, 2.05) is 0 Å². The first-order valence-electron chi connectivity index (χ1n) is 7.01. The highest BCUT2D eigenvalue weighted by molar-refractivity contribution is 6.33. The summed E-state index contributed by atoms with van der Waals surface area (Å²) in [6.45, 7) is 0. The van der Waals surface area contributed by atoms with E-state index in [2.05, 4.69) is 5.32 Å². The number of carbonyl (C=O) groups excluding carboxylic acids is 1. The Morgan fingerprint density at radius 1 is 1.29 bits per heavy atom. The molecular weight excluding hydrogens is 292 g/mol. The van der Waals surface area contributed by atoms with Crippen LogP contribution in [0, 0.1) is 0 Å². The number of benzene rings is 1. The van der Waals surface area contributed by atoms with Crippen LogP contribution in [0.2, 0.25) is 5.02 Å². The number of aromatic carboxylic acids is 1. The van der Waals surface area contributed by atoms with Gasteiger partial charge in [0.05, 0.1) is 10.6 Å². The molecule has 6 heteroatoms. The first-order valence-corrected chi connectivity index (χ1v) is 7.39. The molecule has 1 aliphatic rings. The summed E-state index contributed by atoms with van der Waals surface area (Å²) in [6, 6.07) is 4.39. The molecule has 1 aromatic rings. The monoisotopic (exact) mass is 310 g/mol. The molecule has 0 aromatic heterocycles. The van der Waals surface area contributed by atoms with Crippen LogP contribution < -0.4 is 11.1 Å². The van der Waals surface area contributed by atoms with E-state index in [1.54, 1.807) is 6.07 Å². The van der Waals surface area contributed by atoms with Gasteiger partial charge >= 0.3 is 5.97 Å². The van der Waals surface area contributed by atoms with Crippen molar-refractivity contribution in [2.75, 3.05) is 5.32 Å². The van der Waals surface area contributed by atoms with Crippen molar-refractivity contribution < 1.29 is 14.7 Å². The molecule has 1 amide bonds. The third kappa shape index (κ3) is 4.19. The van der Waals surface area contributed by atoms with Crippen LogP contribution in [0.3, 0.4) is 0 Å². The molecule has 5 nitrogen and oxygen atoms in total. The number of carboxylic acids is 1. The molecule has 0 atom stereocenters. The number of rotatable bonds is 4. The highest BCUT2D eigenvalue weighted by Crippen LogP contribution is 2.29. The summed E-state index contributed by atoms with van der Waals surface area (Å²) in [4.78, 5) is 23.1. The maximum Gasteiger partial charge on any atom is 0.337 e. The van der Waals surface area contributed by atoms with Crippen LogP contribution in [-0.2, 0) is 4.79 Å². The van der Waals surface area contributed by atoms with E-state index >= 15 is 0 Å². The van der Waals surface area contributed by atoms with Crippen molar-refractivity contribution in [3.63, 3.8) is 0 Å². The van der Waals surface area contributed by atoms with Crippen LogP contribution in [-0.4, -0.2) is 22.5 Å². The lowest BCUT2D eigenvalue weighted by atomic mass is 9.80. The van der Waals surface area contributed by atoms with Gasteiger partial charge in [-0.25, -0.2) is 4.79 Å². The fourth-order valence-electron chi connectivity index (χ4n) is 2.72. The Morgan fingerprint density at radius 2 is 1.95 bits per heavy atom. The summed E-state index contributed by atoms with van der Waals surface area (Å²) in [5.74, 6) is -1.32. The SMILES string of the molecule is NC1(CC(=O)Nc2ccc(Cl)c(C(=O)O)c2)CCCCC1. The standard InChI is InChI=1S/C15H19ClN2O3/c16-12-5-4-10(8-11(12)14(20)21)18-13(19)9-15(17)6-2-1-3-7-15/h4-5,8H,1-3,6-7,9,17H2,(H,18,19)(H,20,21). The summed E-state index contributed by atoms with van der Waals surface area (Å²) < 4.78 is 0. The first kappa shape index (κ1) is 15.8. The second-order valence-corrected chi connectivity index (χ2v) is 6.05. The lowest BCUT2D eigenvalue weighted by Crippen LogP contribution is -2.44. The summed E-state index contributed by atoms with van der Waals surface area (Å²) >= 11 is 5.79. The van der Waals surface area contributed by atoms with E-state index in [-0.39, 0.29) is 22.9 Å². The van der Waals surface area contributed by atoms with Crippen LogP contribution in [0.25, 0.3) is 0 Å². The molecule has 0 saturated heterocycles. The van der Waals surface area contributed by atoms with Gasteiger partial charge in [0.2, 0.25) is 5.91 Å². The van der Waals surface area contributed by atoms with Gasteiger partial charge in [-0.3, -0.25) is 4.79 Å². The molecule has 0 radical (unpaired) electrons. The minimum Gasteiger partial charge on any atom is -0.478 e. The van der Waals surface area contributed by atoms with Gasteiger partial charge in [0.15, 0.2) is 0 Å². The molecule has 2 rings (SSSR count). The van der Waals surface area contributed by atoms with E-state index in [9.17, 15) is 9.59 Å². The second-order valence-electron chi connectivity index (χ2n) is 5.65. The topological polar surface area (TPSA) is 92.4 Å². The third-order valence-corrected chi connectivity index (χ3v) is 4.17. The van der Waals surface area contributed by atoms with Crippen molar-refractivity contribution in [2.45, 2.75) is 44.1 Å². The molecule has 21 heavy (non-hydrogen) atoms. The number of hydrogen-bond donors (Lipinski definition) is 3. The van der Waals surface area contributed by atoms with Gasteiger partial charge in [-0.1, -0.05) is 30.9 Å². The second kappa shape index (κ2) is 6.45. The number of anilines is 1. The van der Waals surface area contributed by atoms with E-state index in [0.29, 0.717) is 5.69 Å². The molecule has 1 saturated carbocycles. The van der Waals surface area contributed by atoms with E-state index < -0.39 is 11.5 Å². The quantitative estimate of drug-likeness (QED) is 0.797. The van der Waals surface area contributed by atoms with Crippen molar-refractivity contribution in [2.24, 2.45) is 5.73 Å². The fourth-order valence-corrected chi connectivity index (χ4v) is 2.92. The van der Waals surface area contributed by atoms with Gasteiger partial charge in [-0.15, -0.1) is 0 Å². The van der Waals surface area contributed by atoms with Crippen molar-refractivity contribution in [3.05, 3.63) is 28.8 Å². The molecule has 0 spiro atoms. The third-order valence-electron chi connectivity index (χ3n) is 3.84. The summed E-state index contributed by atoms with van der Waals surface area (Å²) in [5, 5.41) is 11.8. The molecule has 4 N–H and O–H groups in total. The normalized spacial score (nSPS) is 17.2. The predicted octanol–water partition coefficient (Wildman–Crippen LogP) is 3.03. The smallest absolute Gasteiger partial charge is 0.337 e. The van der Waals surface area contributed by atoms with Gasteiger partial charge in [0, 0.05) is 17.6 Å². The number of nitrogens with two attached hydrogens (primary N) is 1. The largest absolute Gasteiger partial charge is 0.478 e. The number of carbonyl (C=O) groups is 2. The Kier molecular flexibility index (Phi) is 4.85. The Morgan fingerprint density at radius 3 is 2.57 bits per heavy atom. The predicted molar refractivity (Wildman–Crippen MR) is 81.7 cm³/mol. The molecule has 0 unspecified atom stereocenters. The van der Waals surface area contributed by atoms with Crippen molar-refractivity contribution in [1.82, 2.24) is 0 Å². The number of carboxylic acid groups (broad SMARTS) is 1. The minimum atomic E-state index is -1.13. The molecule has 1 aliphatic carbocycles. The maximum absolute atomic E-state index is 12.1. The Hall–Kier alpha value is -1.59. The lowest BCUT2D eigenvalue weighted by Gasteiger charge is -2.32. The van der Waals surface area contributed by atoms with Gasteiger partial charge < -0.3 is 16.2 Å². The van der Waals surface area contributed by atoms with E-state index in [0.717, 1.165) is 25.7 Å². The zero-order valence-corrected chi connectivity index (χ0v) is 12.4. The maximum atomic E-state index is 12.1. The zero-order valence-electron chi connectivity index (χ0n) is 11.7. The molecule has 0 heterocycles. The summed E-state index contributed by atoms with van der Waals surface area (Å²) in [7, 11) is 0. The van der Waals surface area contributed by atoms with Gasteiger partial charge in [0.1, 0.15) is 0 Å². The first-order chi connectivity index (χ1) is 9.89. The van der Waals surface area contributed by atoms with Crippen LogP contribution in [0.1, 0.15) is 48.9 Å². The van der Waals surface area contributed by atoms with Gasteiger partial charge in [-0.2, -0.15) is 0 Å².